The van der Waals surface area contributed by atoms with Crippen LogP contribution < -0.4 is 0 Å². The number of hydrogen-bond donors (Lipinski definition) is 0. The molecular weight excluding hydrogens is 268 g/mol. The maximum Gasteiger partial charge on any atom is 0.0960 e. The molecule has 0 amide bonds. The van der Waals surface area contributed by atoms with Crippen LogP contribution in [-0.4, -0.2) is 20.0 Å². The van der Waals surface area contributed by atoms with E-state index >= 15 is 0 Å². The summed E-state index contributed by atoms with van der Waals surface area (Å²) in [5.41, 5.74) is 2.03. The molecule has 0 aliphatic heterocycles. The number of rotatable bonds is 4. The van der Waals surface area contributed by atoms with Crippen LogP contribution in [-0.2, 0) is 13.0 Å². The van der Waals surface area contributed by atoms with Gasteiger partial charge in [-0.25, -0.2) is 0 Å². The van der Waals surface area contributed by atoms with E-state index in [0.29, 0.717) is 0 Å². The van der Waals surface area contributed by atoms with E-state index in [-0.39, 0.29) is 4.83 Å². The molecule has 0 aromatic carbocycles. The average Bonchev–Trinajstić information content (AvgIpc) is 2.76. The maximum absolute atomic E-state index is 4.26. The fourth-order valence-electron chi connectivity index (χ4n) is 1.38. The van der Waals surface area contributed by atoms with E-state index in [0.717, 1.165) is 24.4 Å². The van der Waals surface area contributed by atoms with Crippen molar-refractivity contribution < 1.29 is 0 Å². The Labute approximate surface area is 103 Å². The Hall–Kier alpha value is -1.23. The molecule has 0 N–H and O–H groups in total. The van der Waals surface area contributed by atoms with Gasteiger partial charge < -0.3 is 0 Å². The lowest BCUT2D eigenvalue weighted by Gasteiger charge is -1.99. The number of aryl methyl sites for hydroxylation is 2. The first-order valence-corrected chi connectivity index (χ1v) is 6.11. The van der Waals surface area contributed by atoms with E-state index in [1.165, 1.54) is 0 Å². The van der Waals surface area contributed by atoms with Crippen molar-refractivity contribution in [2.45, 2.75) is 24.7 Å². The molecule has 0 spiro atoms. The maximum atomic E-state index is 4.26. The Bertz CT molecular complexity index is 438. The van der Waals surface area contributed by atoms with E-state index < -0.39 is 0 Å². The largest absolute Gasteiger partial charge is 0.261 e. The smallest absolute Gasteiger partial charge is 0.0960 e. The summed E-state index contributed by atoms with van der Waals surface area (Å²) in [5.74, 6) is 0. The minimum atomic E-state index is 0.246. The van der Waals surface area contributed by atoms with E-state index in [4.69, 9.17) is 0 Å². The van der Waals surface area contributed by atoms with E-state index in [1.807, 2.05) is 42.2 Å². The lowest BCUT2D eigenvalue weighted by molar-refractivity contribution is 0.584. The molecule has 1 atom stereocenters. The van der Waals surface area contributed by atoms with Gasteiger partial charge in [-0.15, -0.1) is 5.10 Å². The molecule has 2 aromatic heterocycles. The number of nitrogens with zero attached hydrogens (tertiary/aromatic N) is 4. The van der Waals surface area contributed by atoms with Crippen molar-refractivity contribution in [1.82, 2.24) is 20.0 Å². The topological polar surface area (TPSA) is 43.6 Å². The predicted octanol–water partition coefficient (Wildman–Crippen LogP) is 2.37. The van der Waals surface area contributed by atoms with Gasteiger partial charge >= 0.3 is 0 Å². The summed E-state index contributed by atoms with van der Waals surface area (Å²) in [5, 5.41) is 8.14. The van der Waals surface area contributed by atoms with Gasteiger partial charge in [0.15, 0.2) is 0 Å². The van der Waals surface area contributed by atoms with Crippen LogP contribution in [0.3, 0.4) is 0 Å². The van der Waals surface area contributed by atoms with Crippen molar-refractivity contribution in [2.75, 3.05) is 0 Å². The standard InChI is InChI=1S/C11H13BrN4/c1-9(12)11-8-16(15-14-11)7-5-10-4-2-3-6-13-10/h2-4,6,8-9H,5,7H2,1H3. The summed E-state index contributed by atoms with van der Waals surface area (Å²) < 4.78 is 1.85. The van der Waals surface area contributed by atoms with Gasteiger partial charge in [0.05, 0.1) is 10.5 Å². The summed E-state index contributed by atoms with van der Waals surface area (Å²) in [6.45, 7) is 2.84. The molecular formula is C11H13BrN4. The molecule has 0 aliphatic carbocycles. The molecule has 0 fully saturated rings. The van der Waals surface area contributed by atoms with E-state index in [2.05, 4.69) is 31.2 Å². The molecule has 0 saturated carbocycles. The number of pyridine rings is 1. The molecule has 2 aromatic rings. The highest BCUT2D eigenvalue weighted by Crippen LogP contribution is 2.17. The molecule has 16 heavy (non-hydrogen) atoms. The second-order valence-corrected chi connectivity index (χ2v) is 4.97. The minimum Gasteiger partial charge on any atom is -0.261 e. The van der Waals surface area contributed by atoms with Crippen LogP contribution >= 0.6 is 15.9 Å². The Morgan fingerprint density at radius 3 is 2.94 bits per heavy atom. The van der Waals surface area contributed by atoms with E-state index in [1.54, 1.807) is 0 Å². The Morgan fingerprint density at radius 2 is 2.31 bits per heavy atom. The molecule has 1 unspecified atom stereocenters. The summed E-state index contributed by atoms with van der Waals surface area (Å²) in [7, 11) is 0. The highest BCUT2D eigenvalue weighted by Gasteiger charge is 2.05. The number of alkyl halides is 1. The second-order valence-electron chi connectivity index (χ2n) is 3.59. The van der Waals surface area contributed by atoms with Gasteiger partial charge in [0, 0.05) is 31.1 Å². The number of halogens is 1. The molecule has 4 nitrogen and oxygen atoms in total. The lowest BCUT2D eigenvalue weighted by Crippen LogP contribution is -2.03. The van der Waals surface area contributed by atoms with Crippen molar-refractivity contribution in [1.29, 1.82) is 0 Å². The second kappa shape index (κ2) is 5.21. The van der Waals surface area contributed by atoms with Crippen LogP contribution in [0.25, 0.3) is 0 Å². The molecule has 0 aliphatic rings. The third-order valence-electron chi connectivity index (χ3n) is 2.29. The summed E-state index contributed by atoms with van der Waals surface area (Å²) in [6.07, 6.45) is 4.64. The summed E-state index contributed by atoms with van der Waals surface area (Å²) in [6, 6.07) is 5.93. The fraction of sp³-hybridized carbons (Fsp3) is 0.364. The molecule has 0 bridgehead atoms. The van der Waals surface area contributed by atoms with E-state index in [9.17, 15) is 0 Å². The normalized spacial score (nSPS) is 12.6. The van der Waals surface area contributed by atoms with Crippen molar-refractivity contribution >= 4 is 15.9 Å². The van der Waals surface area contributed by atoms with Crippen molar-refractivity contribution in [3.8, 4) is 0 Å². The average molecular weight is 281 g/mol. The molecule has 2 rings (SSSR count). The SMILES string of the molecule is CC(Br)c1cn(CCc2ccccn2)nn1. The molecule has 0 radical (unpaired) electrons. The van der Waals surface area contributed by atoms with Gasteiger partial charge in [-0.05, 0) is 19.1 Å². The van der Waals surface area contributed by atoms with Crippen LogP contribution in [0.1, 0.15) is 23.1 Å². The van der Waals surface area contributed by atoms with Gasteiger partial charge in [-0.2, -0.15) is 0 Å². The third-order valence-corrected chi connectivity index (χ3v) is 2.76. The van der Waals surface area contributed by atoms with Crippen LogP contribution in [0.4, 0.5) is 0 Å². The first-order chi connectivity index (χ1) is 7.75. The third kappa shape index (κ3) is 2.88. The summed E-state index contributed by atoms with van der Waals surface area (Å²) in [4.78, 5) is 4.51. The molecule has 84 valence electrons. The van der Waals surface area contributed by atoms with Gasteiger partial charge in [0.2, 0.25) is 0 Å². The monoisotopic (exact) mass is 280 g/mol. The Kier molecular flexibility index (Phi) is 3.66. The predicted molar refractivity (Wildman–Crippen MR) is 65.3 cm³/mol. The zero-order chi connectivity index (χ0) is 11.4. The zero-order valence-electron chi connectivity index (χ0n) is 9.05. The highest BCUT2D eigenvalue weighted by molar-refractivity contribution is 9.09. The quantitative estimate of drug-likeness (QED) is 0.808. The Balaban J connectivity index is 1.95. The van der Waals surface area contributed by atoms with Crippen LogP contribution in [0.15, 0.2) is 30.6 Å². The van der Waals surface area contributed by atoms with Gasteiger partial charge in [0.1, 0.15) is 0 Å². The zero-order valence-corrected chi connectivity index (χ0v) is 10.6. The number of aromatic nitrogens is 4. The number of hydrogen-bond acceptors (Lipinski definition) is 3. The molecule has 5 heteroatoms. The van der Waals surface area contributed by atoms with Crippen molar-refractivity contribution in [2.24, 2.45) is 0 Å². The van der Waals surface area contributed by atoms with Crippen LogP contribution in [0.2, 0.25) is 0 Å². The summed E-state index contributed by atoms with van der Waals surface area (Å²) >= 11 is 3.46. The van der Waals surface area contributed by atoms with Gasteiger partial charge in [-0.3, -0.25) is 9.67 Å². The lowest BCUT2D eigenvalue weighted by atomic mass is 10.3. The fourth-order valence-corrected chi connectivity index (χ4v) is 1.59. The molecule has 2 heterocycles. The van der Waals surface area contributed by atoms with Crippen LogP contribution in [0.5, 0.6) is 0 Å². The van der Waals surface area contributed by atoms with Gasteiger partial charge in [0.25, 0.3) is 0 Å². The van der Waals surface area contributed by atoms with Crippen molar-refractivity contribution in [3.05, 3.63) is 42.0 Å². The molecule has 0 saturated heterocycles. The first-order valence-electron chi connectivity index (χ1n) is 5.19. The highest BCUT2D eigenvalue weighted by atomic mass is 79.9. The van der Waals surface area contributed by atoms with Crippen LogP contribution in [0, 0.1) is 0 Å². The van der Waals surface area contributed by atoms with Crippen molar-refractivity contribution in [3.63, 3.8) is 0 Å². The minimum absolute atomic E-state index is 0.246. The first kappa shape index (κ1) is 11.3. The van der Waals surface area contributed by atoms with Gasteiger partial charge in [-0.1, -0.05) is 27.2 Å². The Morgan fingerprint density at radius 1 is 1.44 bits per heavy atom.